The summed E-state index contributed by atoms with van der Waals surface area (Å²) in [5, 5.41) is 0. The van der Waals surface area contributed by atoms with E-state index >= 15 is 0 Å². The molecule has 11 heteroatoms. The number of methoxy groups -OCH3 is 1. The highest BCUT2D eigenvalue weighted by Gasteiger charge is 2.41. The van der Waals surface area contributed by atoms with Gasteiger partial charge in [0.1, 0.15) is 0 Å². The van der Waals surface area contributed by atoms with E-state index in [9.17, 15) is 31.1 Å². The van der Waals surface area contributed by atoms with Crippen LogP contribution in [0, 0.1) is 0 Å². The van der Waals surface area contributed by atoms with Crippen molar-refractivity contribution in [1.29, 1.82) is 0 Å². The van der Waals surface area contributed by atoms with Crippen LogP contribution in [0.4, 0.5) is 26.3 Å². The summed E-state index contributed by atoms with van der Waals surface area (Å²) in [6.45, 7) is 0. The first kappa shape index (κ1) is 17.3. The Hall–Kier alpha value is -1.71. The maximum atomic E-state index is 12.9. The Morgan fingerprint density at radius 3 is 2.24 bits per heavy atom. The number of carbonyl (C=O) groups excluding carboxylic acids is 1. The zero-order valence-corrected chi connectivity index (χ0v) is 10.9. The average molecular weight is 338 g/mol. The van der Waals surface area contributed by atoms with Crippen molar-refractivity contribution in [3.05, 3.63) is 22.9 Å². The Labute approximate surface area is 118 Å². The lowest BCUT2D eigenvalue weighted by molar-refractivity contribution is -0.276. The van der Waals surface area contributed by atoms with Crippen LogP contribution in [0.2, 0.25) is 0 Å². The number of hydrogen-bond acceptors (Lipinski definition) is 4. The number of esters is 1. The van der Waals surface area contributed by atoms with Crippen LogP contribution < -0.4 is 4.74 Å². The summed E-state index contributed by atoms with van der Waals surface area (Å²) in [6, 6.07) is 0.357. The van der Waals surface area contributed by atoms with Crippen LogP contribution in [-0.4, -0.2) is 24.4 Å². The third kappa shape index (κ3) is 4.38. The number of alkyl halides is 7. The second kappa shape index (κ2) is 5.96. The lowest BCUT2D eigenvalue weighted by Crippen LogP contribution is -2.22. The van der Waals surface area contributed by atoms with Gasteiger partial charge in [-0.25, -0.2) is 9.78 Å². The van der Waals surface area contributed by atoms with Crippen LogP contribution >= 0.6 is 11.6 Å². The largest absolute Gasteiger partial charge is 0.574 e. The molecule has 0 aliphatic rings. The monoisotopic (exact) mass is 337 g/mol. The Balaban J connectivity index is 3.54. The van der Waals surface area contributed by atoms with Crippen LogP contribution in [-0.2, 0) is 16.8 Å². The van der Waals surface area contributed by atoms with Gasteiger partial charge in [-0.3, -0.25) is 0 Å². The minimum atomic E-state index is -5.19. The maximum absolute atomic E-state index is 12.9. The topological polar surface area (TPSA) is 48.4 Å². The highest BCUT2D eigenvalue weighted by Crippen LogP contribution is 2.37. The zero-order valence-electron chi connectivity index (χ0n) is 10.1. The molecular formula is C10H6ClF6NO3. The predicted octanol–water partition coefficient (Wildman–Crippen LogP) is 3.52. The molecule has 0 atom stereocenters. The zero-order chi connectivity index (χ0) is 16.4. The molecular weight excluding hydrogens is 332 g/mol. The van der Waals surface area contributed by atoms with Crippen LogP contribution in [0.5, 0.6) is 5.88 Å². The fourth-order valence-electron chi connectivity index (χ4n) is 1.41. The Morgan fingerprint density at radius 1 is 1.29 bits per heavy atom. The number of rotatable bonds is 3. The molecule has 1 aromatic heterocycles. The van der Waals surface area contributed by atoms with E-state index in [-0.39, 0.29) is 0 Å². The molecule has 0 saturated carbocycles. The van der Waals surface area contributed by atoms with Crippen molar-refractivity contribution >= 4 is 17.6 Å². The van der Waals surface area contributed by atoms with Gasteiger partial charge in [-0.05, 0) is 5.56 Å². The van der Waals surface area contributed by atoms with Gasteiger partial charge in [0.2, 0.25) is 5.88 Å². The Bertz CT molecular complexity index is 543. The van der Waals surface area contributed by atoms with Crippen molar-refractivity contribution in [2.24, 2.45) is 0 Å². The molecule has 21 heavy (non-hydrogen) atoms. The summed E-state index contributed by atoms with van der Waals surface area (Å²) in [4.78, 5) is 14.2. The molecule has 0 aromatic carbocycles. The summed E-state index contributed by atoms with van der Waals surface area (Å²) >= 11 is 5.28. The van der Waals surface area contributed by atoms with Crippen molar-refractivity contribution in [2.45, 2.75) is 18.4 Å². The van der Waals surface area contributed by atoms with Crippen LogP contribution in [0.25, 0.3) is 0 Å². The number of carbonyl (C=O) groups is 1. The van der Waals surface area contributed by atoms with Crippen LogP contribution in [0.15, 0.2) is 6.07 Å². The van der Waals surface area contributed by atoms with E-state index in [1.165, 1.54) is 0 Å². The van der Waals surface area contributed by atoms with Crippen molar-refractivity contribution in [1.82, 2.24) is 4.98 Å². The van der Waals surface area contributed by atoms with Crippen molar-refractivity contribution in [2.75, 3.05) is 7.11 Å². The number of hydrogen-bond donors (Lipinski definition) is 0. The van der Waals surface area contributed by atoms with Gasteiger partial charge in [-0.2, -0.15) is 13.2 Å². The SMILES string of the molecule is COC(=O)c1nc(OC(F)(F)F)cc(CCl)c1C(F)(F)F. The molecule has 1 heterocycles. The quantitative estimate of drug-likeness (QED) is 0.481. The van der Waals surface area contributed by atoms with Gasteiger partial charge in [0.05, 0.1) is 12.7 Å². The smallest absolute Gasteiger partial charge is 0.464 e. The Kier molecular flexibility index (Phi) is 4.92. The van der Waals surface area contributed by atoms with Gasteiger partial charge < -0.3 is 9.47 Å². The lowest BCUT2D eigenvalue weighted by atomic mass is 10.1. The van der Waals surface area contributed by atoms with E-state index in [1.807, 2.05) is 0 Å². The van der Waals surface area contributed by atoms with E-state index in [1.54, 1.807) is 0 Å². The third-order valence-electron chi connectivity index (χ3n) is 2.10. The molecule has 0 bridgehead atoms. The first-order valence-electron chi connectivity index (χ1n) is 5.00. The summed E-state index contributed by atoms with van der Waals surface area (Å²) in [7, 11) is 0.752. The van der Waals surface area contributed by atoms with E-state index in [0.29, 0.717) is 6.07 Å². The molecule has 0 unspecified atom stereocenters. The van der Waals surface area contributed by atoms with Gasteiger partial charge in [0.15, 0.2) is 5.69 Å². The van der Waals surface area contributed by atoms with Crippen molar-refractivity contribution < 1.29 is 40.6 Å². The standard InChI is InChI=1S/C10H6ClF6NO3/c1-20-8(19)7-6(9(12,13)14)4(3-11)2-5(18-7)21-10(15,16)17/h2H,3H2,1H3. The number of aromatic nitrogens is 1. The van der Waals surface area contributed by atoms with Crippen LogP contribution in [0.1, 0.15) is 21.6 Å². The molecule has 0 amide bonds. The molecule has 1 aromatic rings. The third-order valence-corrected chi connectivity index (χ3v) is 2.39. The maximum Gasteiger partial charge on any atom is 0.574 e. The first-order valence-corrected chi connectivity index (χ1v) is 5.54. The molecule has 0 aliphatic carbocycles. The highest BCUT2D eigenvalue weighted by molar-refractivity contribution is 6.17. The molecule has 1 rings (SSSR count). The van der Waals surface area contributed by atoms with Gasteiger partial charge in [0.25, 0.3) is 0 Å². The second-order valence-electron chi connectivity index (χ2n) is 3.51. The lowest BCUT2D eigenvalue weighted by Gasteiger charge is -2.16. The molecule has 0 saturated heterocycles. The fourth-order valence-corrected chi connectivity index (χ4v) is 1.62. The molecule has 0 spiro atoms. The number of ether oxygens (including phenoxy) is 2. The number of nitrogens with zero attached hydrogens (tertiary/aromatic N) is 1. The molecule has 0 radical (unpaired) electrons. The van der Waals surface area contributed by atoms with Gasteiger partial charge >= 0.3 is 18.5 Å². The fraction of sp³-hybridized carbons (Fsp3) is 0.400. The van der Waals surface area contributed by atoms with Crippen LogP contribution in [0.3, 0.4) is 0 Å². The minimum absolute atomic E-state index is 0.357. The molecule has 4 nitrogen and oxygen atoms in total. The summed E-state index contributed by atoms with van der Waals surface area (Å²) in [5.74, 6) is -3.62. The van der Waals surface area contributed by atoms with E-state index < -0.39 is 47.1 Å². The number of halogens is 7. The average Bonchev–Trinajstić information content (AvgIpc) is 2.33. The normalized spacial score (nSPS) is 12.2. The highest BCUT2D eigenvalue weighted by atomic mass is 35.5. The van der Waals surface area contributed by atoms with E-state index in [4.69, 9.17) is 11.6 Å². The summed E-state index contributed by atoms with van der Waals surface area (Å²) in [6.07, 6.45) is -10.2. The van der Waals surface area contributed by atoms with E-state index in [2.05, 4.69) is 14.5 Å². The first-order chi connectivity index (χ1) is 9.49. The predicted molar refractivity (Wildman–Crippen MR) is 56.8 cm³/mol. The van der Waals surface area contributed by atoms with Gasteiger partial charge in [0, 0.05) is 11.9 Å². The molecule has 0 aliphatic heterocycles. The summed E-state index contributed by atoms with van der Waals surface area (Å²) in [5.41, 5.74) is -3.72. The minimum Gasteiger partial charge on any atom is -0.464 e. The van der Waals surface area contributed by atoms with Crippen molar-refractivity contribution in [3.8, 4) is 5.88 Å². The molecule has 118 valence electrons. The second-order valence-corrected chi connectivity index (χ2v) is 3.78. The number of pyridine rings is 1. The Morgan fingerprint density at radius 2 is 1.86 bits per heavy atom. The summed E-state index contributed by atoms with van der Waals surface area (Å²) < 4.78 is 82.4. The molecule has 0 N–H and O–H groups in total. The van der Waals surface area contributed by atoms with Gasteiger partial charge in [-0.15, -0.1) is 24.8 Å². The van der Waals surface area contributed by atoms with Crippen molar-refractivity contribution in [3.63, 3.8) is 0 Å². The molecule has 0 fully saturated rings. The van der Waals surface area contributed by atoms with Gasteiger partial charge in [-0.1, -0.05) is 0 Å². The van der Waals surface area contributed by atoms with E-state index in [0.717, 1.165) is 7.11 Å².